The van der Waals surface area contributed by atoms with Crippen molar-refractivity contribution >= 4 is 6.03 Å². The minimum Gasteiger partial charge on any atom is -0.378 e. The van der Waals surface area contributed by atoms with Crippen LogP contribution in [0.1, 0.15) is 33.6 Å². The molecule has 0 bridgehead atoms. The number of amides is 2. The maximum atomic E-state index is 12.6. The minimum atomic E-state index is -0.245. The molecule has 5 heteroatoms. The molecule has 0 spiro atoms. The zero-order valence-electron chi connectivity index (χ0n) is 11.9. The Labute approximate surface area is 110 Å². The summed E-state index contributed by atoms with van der Waals surface area (Å²) in [7, 11) is 0. The van der Waals surface area contributed by atoms with Gasteiger partial charge in [-0.1, -0.05) is 13.8 Å². The summed E-state index contributed by atoms with van der Waals surface area (Å²) < 4.78 is 5.29. The topological polar surface area (TPSA) is 58.8 Å². The van der Waals surface area contributed by atoms with Crippen LogP contribution in [0.4, 0.5) is 4.79 Å². The van der Waals surface area contributed by atoms with Gasteiger partial charge in [-0.05, 0) is 19.8 Å². The number of hydrogen-bond acceptors (Lipinski definition) is 3. The summed E-state index contributed by atoms with van der Waals surface area (Å²) in [6.07, 6.45) is 1.82. The van der Waals surface area contributed by atoms with Gasteiger partial charge in [0.25, 0.3) is 0 Å². The minimum absolute atomic E-state index is 0.106. The Balaban J connectivity index is 2.79. The van der Waals surface area contributed by atoms with Crippen LogP contribution in [0.25, 0.3) is 0 Å². The van der Waals surface area contributed by atoms with Crippen molar-refractivity contribution in [2.45, 2.75) is 39.2 Å². The van der Waals surface area contributed by atoms with E-state index in [1.54, 1.807) is 0 Å². The maximum absolute atomic E-state index is 12.6. The zero-order chi connectivity index (χ0) is 13.6. The predicted octanol–water partition coefficient (Wildman–Crippen LogP) is 1.28. The fourth-order valence-electron chi connectivity index (χ4n) is 2.19. The highest BCUT2D eigenvalue weighted by molar-refractivity contribution is 5.75. The van der Waals surface area contributed by atoms with Crippen LogP contribution >= 0.6 is 0 Å². The number of morpholine rings is 1. The van der Waals surface area contributed by atoms with E-state index in [2.05, 4.69) is 20.8 Å². The van der Waals surface area contributed by atoms with Crippen LogP contribution in [0.5, 0.6) is 0 Å². The van der Waals surface area contributed by atoms with Crippen LogP contribution < -0.4 is 5.73 Å². The quantitative estimate of drug-likeness (QED) is 0.807. The Hall–Kier alpha value is -0.810. The fraction of sp³-hybridized carbons (Fsp3) is 0.923. The summed E-state index contributed by atoms with van der Waals surface area (Å²) in [5, 5.41) is 0. The number of hydrogen-bond donors (Lipinski definition) is 1. The van der Waals surface area contributed by atoms with Gasteiger partial charge < -0.3 is 20.3 Å². The second-order valence-electron chi connectivity index (χ2n) is 5.09. The molecule has 1 aliphatic rings. The highest BCUT2D eigenvalue weighted by Gasteiger charge is 2.34. The van der Waals surface area contributed by atoms with E-state index in [1.807, 2.05) is 9.80 Å². The van der Waals surface area contributed by atoms with Crippen LogP contribution in [-0.2, 0) is 4.74 Å². The van der Waals surface area contributed by atoms with E-state index in [4.69, 9.17) is 10.5 Å². The standard InChI is InChI=1S/C13H27N3O2/c1-4-6-16(13(3,5-2)11-14)12(17)15-7-9-18-10-8-15/h4-11,14H2,1-3H3. The van der Waals surface area contributed by atoms with Crippen molar-refractivity contribution in [2.24, 2.45) is 5.73 Å². The summed E-state index contributed by atoms with van der Waals surface area (Å²) in [6, 6.07) is 0.106. The molecule has 0 aliphatic carbocycles. The normalized spacial score (nSPS) is 19.4. The second-order valence-corrected chi connectivity index (χ2v) is 5.09. The Morgan fingerprint density at radius 2 is 2.00 bits per heavy atom. The number of nitrogens with zero attached hydrogens (tertiary/aromatic N) is 2. The number of ether oxygens (including phenoxy) is 1. The second kappa shape index (κ2) is 6.95. The molecule has 1 atom stereocenters. The van der Waals surface area contributed by atoms with E-state index in [1.165, 1.54) is 0 Å². The van der Waals surface area contributed by atoms with Gasteiger partial charge in [0.1, 0.15) is 0 Å². The van der Waals surface area contributed by atoms with E-state index in [-0.39, 0.29) is 11.6 Å². The summed E-state index contributed by atoms with van der Waals surface area (Å²) >= 11 is 0. The SMILES string of the molecule is CCCN(C(=O)N1CCOCC1)C(C)(CC)CN. The molecule has 0 aromatic rings. The van der Waals surface area contributed by atoms with Gasteiger partial charge in [-0.15, -0.1) is 0 Å². The molecule has 1 fully saturated rings. The van der Waals surface area contributed by atoms with Gasteiger partial charge in [0.15, 0.2) is 0 Å². The lowest BCUT2D eigenvalue weighted by atomic mass is 9.96. The van der Waals surface area contributed by atoms with Gasteiger partial charge in [-0.2, -0.15) is 0 Å². The van der Waals surface area contributed by atoms with Crippen LogP contribution in [0, 0.1) is 0 Å². The fourth-order valence-corrected chi connectivity index (χ4v) is 2.19. The van der Waals surface area contributed by atoms with E-state index < -0.39 is 0 Å². The first-order chi connectivity index (χ1) is 8.59. The first-order valence-corrected chi connectivity index (χ1v) is 6.93. The summed E-state index contributed by atoms with van der Waals surface area (Å²) in [6.45, 7) is 10.1. The highest BCUT2D eigenvalue weighted by Crippen LogP contribution is 2.21. The number of carbonyl (C=O) groups excluding carboxylic acids is 1. The van der Waals surface area contributed by atoms with E-state index in [9.17, 15) is 4.79 Å². The van der Waals surface area contributed by atoms with Gasteiger partial charge in [-0.3, -0.25) is 0 Å². The zero-order valence-corrected chi connectivity index (χ0v) is 11.9. The number of carbonyl (C=O) groups is 1. The number of urea groups is 1. The van der Waals surface area contributed by atoms with Crippen LogP contribution in [-0.4, -0.2) is 60.8 Å². The highest BCUT2D eigenvalue weighted by atomic mass is 16.5. The van der Waals surface area contributed by atoms with Gasteiger partial charge in [-0.25, -0.2) is 4.79 Å². The molecule has 0 saturated carbocycles. The third kappa shape index (κ3) is 3.36. The average Bonchev–Trinajstić information content (AvgIpc) is 2.44. The van der Waals surface area contributed by atoms with Crippen molar-refractivity contribution in [1.82, 2.24) is 9.80 Å². The molecule has 1 unspecified atom stereocenters. The molecule has 2 N–H and O–H groups in total. The van der Waals surface area contributed by atoms with Crippen molar-refractivity contribution in [1.29, 1.82) is 0 Å². The van der Waals surface area contributed by atoms with Crippen LogP contribution in [0.2, 0.25) is 0 Å². The molecule has 1 saturated heterocycles. The summed E-state index contributed by atoms with van der Waals surface area (Å²) in [5.74, 6) is 0. The molecule has 2 amide bonds. The van der Waals surface area contributed by atoms with Crippen molar-refractivity contribution in [3.8, 4) is 0 Å². The molecular weight excluding hydrogens is 230 g/mol. The maximum Gasteiger partial charge on any atom is 0.320 e. The van der Waals surface area contributed by atoms with Crippen LogP contribution in [0.15, 0.2) is 0 Å². The number of rotatable bonds is 5. The summed E-state index contributed by atoms with van der Waals surface area (Å²) in [5.41, 5.74) is 5.63. The summed E-state index contributed by atoms with van der Waals surface area (Å²) in [4.78, 5) is 16.4. The lowest BCUT2D eigenvalue weighted by Gasteiger charge is -2.43. The molecule has 1 rings (SSSR count). The smallest absolute Gasteiger partial charge is 0.320 e. The van der Waals surface area contributed by atoms with E-state index in [0.29, 0.717) is 32.8 Å². The molecule has 18 heavy (non-hydrogen) atoms. The van der Waals surface area contributed by atoms with Crippen molar-refractivity contribution in [3.05, 3.63) is 0 Å². The molecule has 0 aromatic carbocycles. The lowest BCUT2D eigenvalue weighted by Crippen LogP contribution is -2.59. The van der Waals surface area contributed by atoms with Crippen molar-refractivity contribution in [2.75, 3.05) is 39.4 Å². The lowest BCUT2D eigenvalue weighted by molar-refractivity contribution is 0.0297. The first kappa shape index (κ1) is 15.2. The third-order valence-corrected chi connectivity index (χ3v) is 3.81. The molecule has 1 heterocycles. The Bertz CT molecular complexity index is 261. The van der Waals surface area contributed by atoms with E-state index in [0.717, 1.165) is 19.4 Å². The van der Waals surface area contributed by atoms with E-state index >= 15 is 0 Å². The number of nitrogens with two attached hydrogens (primary N) is 1. The van der Waals surface area contributed by atoms with Gasteiger partial charge >= 0.3 is 6.03 Å². The van der Waals surface area contributed by atoms with Gasteiger partial charge in [0.2, 0.25) is 0 Å². The molecule has 0 aromatic heterocycles. The Morgan fingerprint density at radius 1 is 1.39 bits per heavy atom. The molecule has 0 radical (unpaired) electrons. The van der Waals surface area contributed by atoms with Crippen LogP contribution in [0.3, 0.4) is 0 Å². The molecule has 5 nitrogen and oxygen atoms in total. The van der Waals surface area contributed by atoms with Gasteiger partial charge in [0.05, 0.1) is 18.8 Å². The first-order valence-electron chi connectivity index (χ1n) is 6.93. The largest absolute Gasteiger partial charge is 0.378 e. The molecule has 1 aliphatic heterocycles. The predicted molar refractivity (Wildman–Crippen MR) is 72.5 cm³/mol. The average molecular weight is 257 g/mol. The molecule has 106 valence electrons. The molecular formula is C13H27N3O2. The Kier molecular flexibility index (Phi) is 5.88. The Morgan fingerprint density at radius 3 is 2.44 bits per heavy atom. The monoisotopic (exact) mass is 257 g/mol. The van der Waals surface area contributed by atoms with Crippen molar-refractivity contribution in [3.63, 3.8) is 0 Å². The van der Waals surface area contributed by atoms with Crippen molar-refractivity contribution < 1.29 is 9.53 Å². The van der Waals surface area contributed by atoms with Gasteiger partial charge in [0, 0.05) is 26.2 Å². The third-order valence-electron chi connectivity index (χ3n) is 3.81.